The Labute approximate surface area is 248 Å². The molecular weight excluding hydrogens is 502 g/mol. The minimum Gasteiger partial charge on any atom is -0.457 e. The first-order valence-corrected chi connectivity index (χ1v) is 14.0. The first kappa shape index (κ1) is 30.4. The van der Waals surface area contributed by atoms with Gasteiger partial charge >= 0.3 is 5.97 Å². The Morgan fingerprint density at radius 3 is 2.24 bits per heavy atom. The second kappa shape index (κ2) is 12.1. The molecule has 0 aliphatic heterocycles. The number of esters is 1. The number of nitrogens with one attached hydrogen (secondary N) is 1. The van der Waals surface area contributed by atoms with Gasteiger partial charge in [-0.2, -0.15) is 0 Å². The van der Waals surface area contributed by atoms with Crippen molar-refractivity contribution in [2.75, 3.05) is 11.9 Å². The van der Waals surface area contributed by atoms with Crippen LogP contribution in [0.3, 0.4) is 0 Å². The van der Waals surface area contributed by atoms with Gasteiger partial charge in [-0.05, 0) is 46.2 Å². The quantitative estimate of drug-likeness (QED) is 0.172. The van der Waals surface area contributed by atoms with E-state index in [1.54, 1.807) is 6.20 Å². The van der Waals surface area contributed by atoms with Gasteiger partial charge in [0.25, 0.3) is 0 Å². The highest BCUT2D eigenvalue weighted by Gasteiger charge is 2.26. The van der Waals surface area contributed by atoms with Crippen LogP contribution >= 0.6 is 0 Å². The van der Waals surface area contributed by atoms with Crippen LogP contribution in [-0.2, 0) is 26.4 Å². The normalized spacial score (nSPS) is 12.5. The molecule has 1 heterocycles. The lowest BCUT2D eigenvalue weighted by Crippen LogP contribution is -2.32. The Bertz CT molecular complexity index is 1590. The van der Waals surface area contributed by atoms with Gasteiger partial charge in [0.15, 0.2) is 7.85 Å². The van der Waals surface area contributed by atoms with Crippen molar-refractivity contribution in [1.82, 2.24) is 4.98 Å². The van der Waals surface area contributed by atoms with Crippen LogP contribution in [0.1, 0.15) is 38.5 Å². The maximum atomic E-state index is 13.1. The number of hydrogen-bond donors (Lipinski definition) is 2. The molecule has 13 heteroatoms. The maximum absolute atomic E-state index is 13.1. The summed E-state index contributed by atoms with van der Waals surface area (Å²) in [7, 11) is 14.8. The molecule has 0 aliphatic rings. The van der Waals surface area contributed by atoms with Crippen molar-refractivity contribution in [2.24, 2.45) is 5.73 Å². The van der Waals surface area contributed by atoms with E-state index in [-0.39, 0.29) is 35.3 Å². The summed E-state index contributed by atoms with van der Waals surface area (Å²) in [6.45, 7) is 0.297. The number of rotatable bonds is 9. The van der Waals surface area contributed by atoms with Crippen molar-refractivity contribution in [2.45, 2.75) is 22.8 Å². The van der Waals surface area contributed by atoms with E-state index in [1.165, 1.54) is 5.56 Å². The van der Waals surface area contributed by atoms with Gasteiger partial charge in [-0.25, -0.2) is 4.79 Å². The molecule has 41 heavy (non-hydrogen) atoms. The summed E-state index contributed by atoms with van der Waals surface area (Å²) in [4.78, 5) is 30.6. The molecule has 4 rings (SSSR count). The predicted molar refractivity (Wildman–Crippen MR) is 187 cm³/mol. The fourth-order valence-electron chi connectivity index (χ4n) is 4.91. The van der Waals surface area contributed by atoms with Gasteiger partial charge in [0.1, 0.15) is 6.61 Å². The van der Waals surface area contributed by atoms with Gasteiger partial charge in [-0.1, -0.05) is 63.8 Å². The van der Waals surface area contributed by atoms with Crippen molar-refractivity contribution >= 4 is 88.9 Å². The molecule has 0 saturated heterocycles. The lowest BCUT2D eigenvalue weighted by atomic mass is 9.37. The van der Waals surface area contributed by atoms with Crippen LogP contribution < -0.4 is 16.6 Å². The Morgan fingerprint density at radius 2 is 1.61 bits per heavy atom. The number of pyridine rings is 1. The van der Waals surface area contributed by atoms with Gasteiger partial charge in [0.05, 0.1) is 58.6 Å². The zero-order valence-electron chi connectivity index (χ0n) is 25.2. The highest BCUT2D eigenvalue weighted by Crippen LogP contribution is 2.26. The second-order valence-electron chi connectivity index (χ2n) is 12.7. The first-order valence-electron chi connectivity index (χ1n) is 14.0. The minimum absolute atomic E-state index is 0.0191. The summed E-state index contributed by atoms with van der Waals surface area (Å²) in [6, 6.07) is 21.2. The molecule has 0 fully saturated rings. The number of nitrogens with zero attached hydrogens (tertiary/aromatic N) is 1. The lowest BCUT2D eigenvalue weighted by molar-refractivity contribution is -0.117. The van der Waals surface area contributed by atoms with Crippen molar-refractivity contribution in [3.63, 3.8) is 0 Å². The fourth-order valence-corrected chi connectivity index (χ4v) is 4.91. The maximum Gasteiger partial charge on any atom is 0.338 e. The number of anilines is 1. The van der Waals surface area contributed by atoms with Crippen LogP contribution in [-0.4, -0.2) is 78.3 Å². The Morgan fingerprint density at radius 1 is 0.902 bits per heavy atom. The molecule has 0 unspecified atom stereocenters. The van der Waals surface area contributed by atoms with Gasteiger partial charge < -0.3 is 15.8 Å². The molecule has 200 valence electrons. The summed E-state index contributed by atoms with van der Waals surface area (Å²) in [5.74, 6) is -1.04. The number of benzene rings is 3. The molecule has 0 bridgehead atoms. The van der Waals surface area contributed by atoms with E-state index in [4.69, 9.17) is 10.5 Å². The number of nitrogens with two attached hydrogens (primary N) is 1. The summed E-state index contributed by atoms with van der Waals surface area (Å²) < 4.78 is 5.72. The fraction of sp³-hybridized carbons (Fsp3) is 0.179. The molecule has 0 aliphatic carbocycles. The summed E-state index contributed by atoms with van der Waals surface area (Å²) in [5.41, 5.74) is 12.0. The number of carbonyl (C=O) groups is 2. The topological polar surface area (TPSA) is 94.3 Å². The summed E-state index contributed by atoms with van der Waals surface area (Å²) in [6.07, 6.45) is 1.76. The van der Waals surface area contributed by atoms with Crippen LogP contribution in [0.15, 0.2) is 72.9 Å². The number of aromatic nitrogens is 1. The van der Waals surface area contributed by atoms with Crippen molar-refractivity contribution in [1.29, 1.82) is 0 Å². The highest BCUT2D eigenvalue weighted by atomic mass is 16.5. The molecule has 0 spiro atoms. The van der Waals surface area contributed by atoms with Crippen molar-refractivity contribution < 1.29 is 14.3 Å². The third-order valence-electron chi connectivity index (χ3n) is 7.45. The number of carbonyl (C=O) groups excluding carboxylic acids is 2. The molecule has 1 atom stereocenters. The molecule has 3 N–H and O–H groups in total. The second-order valence-corrected chi connectivity index (χ2v) is 12.7. The Balaban J connectivity index is 1.43. The number of hydrogen-bond acceptors (Lipinski definition) is 5. The zero-order valence-corrected chi connectivity index (χ0v) is 25.2. The monoisotopic (exact) mass is 537 g/mol. The number of fused-ring (bicyclic) bond motifs is 1. The SMILES string of the molecule is Bc1nccc2cc(NC(=O)[C@H](CN)c3ccc(COC(=O)c4ccc(C(B)(B)B)cc4C(B)(B)B)cc3)ccc12. The summed E-state index contributed by atoms with van der Waals surface area (Å²) >= 11 is 0. The van der Waals surface area contributed by atoms with Crippen LogP contribution in [0.2, 0.25) is 0 Å². The van der Waals surface area contributed by atoms with Gasteiger partial charge in [-0.3, -0.25) is 9.78 Å². The standard InChI is InChI=1S/C28H34B7N3O3/c29-24-20-8-6-19(11-17(20)9-10-37-24)38-25(39)22(13-36)16-3-1-15(2-4-16)14-41-26(40)21-7-5-18(27(30,31)32)12-23(21)28(33,34)35/h1-12,22H,13-14,29-36H2,(H,38,39)/t22-/m1/s1. The number of ether oxygens (including phenoxy) is 1. The smallest absolute Gasteiger partial charge is 0.338 e. The van der Waals surface area contributed by atoms with E-state index in [2.05, 4.69) is 63.4 Å². The van der Waals surface area contributed by atoms with E-state index >= 15 is 0 Å². The summed E-state index contributed by atoms with van der Waals surface area (Å²) in [5, 5.41) is 4.83. The average Bonchev–Trinajstić information content (AvgIpc) is 2.91. The van der Waals surface area contributed by atoms with Crippen LogP contribution in [0.5, 0.6) is 0 Å². The van der Waals surface area contributed by atoms with Gasteiger partial charge in [0.2, 0.25) is 5.91 Å². The Hall–Kier alpha value is -3.58. The van der Waals surface area contributed by atoms with E-state index in [1.807, 2.05) is 68.5 Å². The van der Waals surface area contributed by atoms with Gasteiger partial charge in [0, 0.05) is 24.0 Å². The zero-order chi connectivity index (χ0) is 29.9. The molecule has 1 amide bonds. The molecule has 1 aromatic heterocycles. The van der Waals surface area contributed by atoms with E-state index in [9.17, 15) is 9.59 Å². The predicted octanol–water partition coefficient (Wildman–Crippen LogP) is -3.45. The van der Waals surface area contributed by atoms with Crippen molar-refractivity contribution in [3.05, 3.63) is 101 Å². The van der Waals surface area contributed by atoms with Gasteiger partial charge in [-0.15, -0.1) is 0 Å². The van der Waals surface area contributed by atoms with Crippen LogP contribution in [0.4, 0.5) is 5.69 Å². The third-order valence-corrected chi connectivity index (χ3v) is 7.45. The Kier molecular flexibility index (Phi) is 8.98. The van der Waals surface area contributed by atoms with Crippen LogP contribution in [0.25, 0.3) is 10.8 Å². The number of amides is 1. The third kappa shape index (κ3) is 7.20. The molecular formula is C28H34B7N3O3. The minimum atomic E-state index is -0.517. The van der Waals surface area contributed by atoms with Crippen molar-refractivity contribution in [3.8, 4) is 0 Å². The van der Waals surface area contributed by atoms with E-state index < -0.39 is 5.92 Å². The highest BCUT2D eigenvalue weighted by molar-refractivity contribution is 6.60. The molecule has 6 nitrogen and oxygen atoms in total. The van der Waals surface area contributed by atoms with E-state index in [0.717, 1.165) is 33.1 Å². The molecule has 0 saturated carbocycles. The van der Waals surface area contributed by atoms with Crippen LogP contribution in [0, 0.1) is 0 Å². The largest absolute Gasteiger partial charge is 0.457 e. The molecule has 3 aromatic carbocycles. The lowest BCUT2D eigenvalue weighted by Gasteiger charge is -2.27. The first-order chi connectivity index (χ1) is 19.3. The molecule has 4 aromatic rings. The van der Waals surface area contributed by atoms with E-state index in [0.29, 0.717) is 11.3 Å². The average molecular weight is 536 g/mol. The molecule has 0 radical (unpaired) electrons.